The molecule has 0 saturated carbocycles. The molecule has 0 aliphatic carbocycles. The molecule has 1 aliphatic rings. The maximum Gasteiger partial charge on any atom is 0.274 e. The first-order valence-corrected chi connectivity index (χ1v) is 9.98. The topological polar surface area (TPSA) is 89.7 Å². The summed E-state index contributed by atoms with van der Waals surface area (Å²) in [7, 11) is 0. The van der Waals surface area contributed by atoms with Crippen molar-refractivity contribution in [3.8, 4) is 0 Å². The first-order valence-electron chi connectivity index (χ1n) is 9.98. The number of aromatic nitrogens is 5. The van der Waals surface area contributed by atoms with Crippen molar-refractivity contribution in [3.63, 3.8) is 0 Å². The summed E-state index contributed by atoms with van der Waals surface area (Å²) in [5.41, 5.74) is 3.23. The van der Waals surface area contributed by atoms with Gasteiger partial charge in [-0.3, -0.25) is 4.79 Å². The van der Waals surface area contributed by atoms with Crippen LogP contribution in [0.3, 0.4) is 0 Å². The van der Waals surface area contributed by atoms with Crippen LogP contribution < -0.4 is 10.6 Å². The molecule has 1 unspecified atom stereocenters. The summed E-state index contributed by atoms with van der Waals surface area (Å²) in [5.74, 6) is 0.639. The molecule has 0 bridgehead atoms. The molecule has 2 N–H and O–H groups in total. The number of imidazole rings is 1. The summed E-state index contributed by atoms with van der Waals surface area (Å²) in [6, 6.07) is 8.10. The lowest BCUT2D eigenvalue weighted by molar-refractivity contribution is 0.0932. The van der Waals surface area contributed by atoms with E-state index in [-0.39, 0.29) is 11.9 Å². The predicted molar refractivity (Wildman–Crippen MR) is 107 cm³/mol. The van der Waals surface area contributed by atoms with Crippen LogP contribution in [0.25, 0.3) is 11.0 Å². The molecule has 1 aromatic carbocycles. The summed E-state index contributed by atoms with van der Waals surface area (Å²) in [4.78, 5) is 17.6. The van der Waals surface area contributed by atoms with Crippen LogP contribution in [0, 0.1) is 6.92 Å². The Labute approximate surface area is 164 Å². The standard InChI is InChI=1S/C20H27N7O/c1-4-26-17-8-6-5-7-16(17)23-19(26)13(2)22-20(28)18-14(3)27(25-24-18)15-9-11-21-12-10-15/h5-8,13,15,21H,4,9-12H2,1-3H3,(H,22,28). The summed E-state index contributed by atoms with van der Waals surface area (Å²) in [6.07, 6.45) is 2.00. The highest BCUT2D eigenvalue weighted by atomic mass is 16.2. The fourth-order valence-corrected chi connectivity index (χ4v) is 4.04. The molecule has 1 fully saturated rings. The predicted octanol–water partition coefficient (Wildman–Crippen LogP) is 2.37. The molecule has 3 aromatic rings. The van der Waals surface area contributed by atoms with Crippen molar-refractivity contribution in [2.45, 2.75) is 52.2 Å². The second kappa shape index (κ2) is 7.71. The molecule has 1 saturated heterocycles. The summed E-state index contributed by atoms with van der Waals surface area (Å²) < 4.78 is 4.04. The van der Waals surface area contributed by atoms with Gasteiger partial charge in [-0.25, -0.2) is 9.67 Å². The van der Waals surface area contributed by atoms with Crippen LogP contribution in [-0.2, 0) is 6.54 Å². The number of amides is 1. The van der Waals surface area contributed by atoms with Gasteiger partial charge in [0.25, 0.3) is 5.91 Å². The number of para-hydroxylation sites is 2. The lowest BCUT2D eigenvalue weighted by atomic mass is 10.1. The van der Waals surface area contributed by atoms with Gasteiger partial charge in [-0.2, -0.15) is 0 Å². The Balaban J connectivity index is 1.55. The Morgan fingerprint density at radius 2 is 2.07 bits per heavy atom. The normalized spacial score (nSPS) is 16.4. The third-order valence-electron chi connectivity index (χ3n) is 5.53. The van der Waals surface area contributed by atoms with Gasteiger partial charge in [0.15, 0.2) is 5.69 Å². The second-order valence-corrected chi connectivity index (χ2v) is 7.35. The number of carbonyl (C=O) groups is 1. The molecule has 0 radical (unpaired) electrons. The van der Waals surface area contributed by atoms with Crippen LogP contribution in [-0.4, -0.2) is 43.5 Å². The third kappa shape index (κ3) is 3.28. The second-order valence-electron chi connectivity index (χ2n) is 7.35. The number of carbonyl (C=O) groups excluding carboxylic acids is 1. The Kier molecular flexibility index (Phi) is 5.13. The van der Waals surface area contributed by atoms with Gasteiger partial charge in [-0.05, 0) is 58.8 Å². The summed E-state index contributed by atoms with van der Waals surface area (Å²) in [6.45, 7) is 8.69. The first-order chi connectivity index (χ1) is 13.6. The fraction of sp³-hybridized carbons (Fsp3) is 0.500. The largest absolute Gasteiger partial charge is 0.341 e. The van der Waals surface area contributed by atoms with Crippen LogP contribution in [0.2, 0.25) is 0 Å². The van der Waals surface area contributed by atoms with Crippen molar-refractivity contribution >= 4 is 16.9 Å². The minimum Gasteiger partial charge on any atom is -0.341 e. The van der Waals surface area contributed by atoms with E-state index >= 15 is 0 Å². The minimum atomic E-state index is -0.233. The van der Waals surface area contributed by atoms with Crippen molar-refractivity contribution in [3.05, 3.63) is 41.5 Å². The molecule has 4 rings (SSSR count). The Morgan fingerprint density at radius 1 is 1.32 bits per heavy atom. The molecule has 28 heavy (non-hydrogen) atoms. The van der Waals surface area contributed by atoms with Crippen molar-refractivity contribution < 1.29 is 4.79 Å². The Morgan fingerprint density at radius 3 is 2.82 bits per heavy atom. The van der Waals surface area contributed by atoms with E-state index in [1.54, 1.807) is 0 Å². The van der Waals surface area contributed by atoms with E-state index in [0.717, 1.165) is 55.0 Å². The van der Waals surface area contributed by atoms with Gasteiger partial charge in [0.2, 0.25) is 0 Å². The van der Waals surface area contributed by atoms with E-state index in [0.29, 0.717) is 11.7 Å². The molecule has 1 atom stereocenters. The number of hydrogen-bond acceptors (Lipinski definition) is 5. The summed E-state index contributed by atoms with van der Waals surface area (Å²) in [5, 5.41) is 14.8. The van der Waals surface area contributed by atoms with E-state index < -0.39 is 0 Å². The van der Waals surface area contributed by atoms with Crippen LogP contribution >= 0.6 is 0 Å². The van der Waals surface area contributed by atoms with Crippen molar-refractivity contribution in [2.24, 2.45) is 0 Å². The number of nitrogens with zero attached hydrogens (tertiary/aromatic N) is 5. The molecule has 148 valence electrons. The van der Waals surface area contributed by atoms with Gasteiger partial charge in [-0.15, -0.1) is 5.10 Å². The molecule has 2 aromatic heterocycles. The maximum absolute atomic E-state index is 12.9. The van der Waals surface area contributed by atoms with E-state index in [1.165, 1.54) is 0 Å². The Hall–Kier alpha value is -2.74. The van der Waals surface area contributed by atoms with Gasteiger partial charge in [-0.1, -0.05) is 17.3 Å². The van der Waals surface area contributed by atoms with E-state index in [9.17, 15) is 4.79 Å². The SMILES string of the molecule is CCn1c(C(C)NC(=O)c2nnn(C3CCNCC3)c2C)nc2ccccc21. The number of benzene rings is 1. The van der Waals surface area contributed by atoms with E-state index in [2.05, 4.69) is 38.5 Å². The third-order valence-corrected chi connectivity index (χ3v) is 5.53. The van der Waals surface area contributed by atoms with Gasteiger partial charge < -0.3 is 15.2 Å². The van der Waals surface area contributed by atoms with Crippen LogP contribution in [0.15, 0.2) is 24.3 Å². The zero-order chi connectivity index (χ0) is 19.7. The van der Waals surface area contributed by atoms with Gasteiger partial charge in [0.1, 0.15) is 5.82 Å². The van der Waals surface area contributed by atoms with Crippen LogP contribution in [0.1, 0.15) is 60.8 Å². The van der Waals surface area contributed by atoms with Gasteiger partial charge in [0.05, 0.1) is 28.8 Å². The molecular weight excluding hydrogens is 354 g/mol. The zero-order valence-electron chi connectivity index (χ0n) is 16.6. The molecule has 1 amide bonds. The average molecular weight is 381 g/mol. The highest BCUT2D eigenvalue weighted by Gasteiger charge is 2.25. The smallest absolute Gasteiger partial charge is 0.274 e. The number of nitrogens with one attached hydrogen (secondary N) is 2. The zero-order valence-corrected chi connectivity index (χ0v) is 16.6. The highest BCUT2D eigenvalue weighted by molar-refractivity contribution is 5.93. The lowest BCUT2D eigenvalue weighted by Gasteiger charge is -2.23. The summed E-state index contributed by atoms with van der Waals surface area (Å²) >= 11 is 0. The number of fused-ring (bicyclic) bond motifs is 1. The molecule has 8 heteroatoms. The lowest BCUT2D eigenvalue weighted by Crippen LogP contribution is -2.31. The van der Waals surface area contributed by atoms with Crippen molar-refractivity contribution in [1.82, 2.24) is 35.2 Å². The molecule has 3 heterocycles. The molecule has 0 spiro atoms. The Bertz CT molecular complexity index is 984. The van der Waals surface area contributed by atoms with Crippen molar-refractivity contribution in [1.29, 1.82) is 0 Å². The average Bonchev–Trinajstić information content (AvgIpc) is 3.29. The fourth-order valence-electron chi connectivity index (χ4n) is 4.04. The highest BCUT2D eigenvalue weighted by Crippen LogP contribution is 2.22. The van der Waals surface area contributed by atoms with E-state index in [4.69, 9.17) is 4.98 Å². The van der Waals surface area contributed by atoms with Gasteiger partial charge in [0, 0.05) is 6.54 Å². The van der Waals surface area contributed by atoms with Crippen molar-refractivity contribution in [2.75, 3.05) is 13.1 Å². The maximum atomic E-state index is 12.9. The van der Waals surface area contributed by atoms with Crippen LogP contribution in [0.5, 0.6) is 0 Å². The minimum absolute atomic E-state index is 0.208. The quantitative estimate of drug-likeness (QED) is 0.708. The monoisotopic (exact) mass is 381 g/mol. The number of piperidine rings is 1. The van der Waals surface area contributed by atoms with Crippen LogP contribution in [0.4, 0.5) is 0 Å². The first kappa shape index (κ1) is 18.6. The molecule has 1 aliphatic heterocycles. The molecule has 8 nitrogen and oxygen atoms in total. The number of hydrogen-bond donors (Lipinski definition) is 2. The van der Waals surface area contributed by atoms with Gasteiger partial charge >= 0.3 is 0 Å². The molecular formula is C20H27N7O. The van der Waals surface area contributed by atoms with E-state index in [1.807, 2.05) is 36.7 Å². The number of aryl methyl sites for hydroxylation is 1. The number of rotatable bonds is 5.